The summed E-state index contributed by atoms with van der Waals surface area (Å²) < 4.78 is 31.8. The zero-order valence-electron chi connectivity index (χ0n) is 21.2. The maximum absolute atomic E-state index is 13.9. The van der Waals surface area contributed by atoms with Crippen molar-refractivity contribution in [2.75, 3.05) is 32.9 Å². The molecular weight excluding hydrogens is 477 g/mol. The third-order valence-electron chi connectivity index (χ3n) is 6.53. The lowest BCUT2D eigenvalue weighted by Crippen LogP contribution is -2.55. The molecule has 0 atom stereocenters. The van der Waals surface area contributed by atoms with Gasteiger partial charge in [0, 0.05) is 30.8 Å². The first-order chi connectivity index (χ1) is 18.0. The predicted molar refractivity (Wildman–Crippen MR) is 134 cm³/mol. The van der Waals surface area contributed by atoms with Gasteiger partial charge in [0.05, 0.1) is 36.9 Å². The Morgan fingerprint density at radius 3 is 2.57 bits per heavy atom. The van der Waals surface area contributed by atoms with Gasteiger partial charge < -0.3 is 24.1 Å². The number of amides is 1. The molecule has 1 N–H and O–H groups in total. The van der Waals surface area contributed by atoms with Crippen molar-refractivity contribution < 1.29 is 23.4 Å². The number of carbonyl (C=O) groups excluding carboxylic acids is 1. The lowest BCUT2D eigenvalue weighted by molar-refractivity contribution is -0.283. The lowest BCUT2D eigenvalue weighted by Gasteiger charge is -2.40. The van der Waals surface area contributed by atoms with Crippen LogP contribution in [0, 0.1) is 11.7 Å². The molecule has 37 heavy (non-hydrogen) atoms. The molecule has 3 aromatic rings. The smallest absolute Gasteiger partial charge is 0.316 e. The average molecular weight is 510 g/mol. The Balaban J connectivity index is 1.62. The minimum absolute atomic E-state index is 0.133. The lowest BCUT2D eigenvalue weighted by atomic mass is 10.1. The van der Waals surface area contributed by atoms with E-state index in [1.807, 2.05) is 13.8 Å². The number of aromatic amines is 1. The number of ether oxygens (including phenoxy) is 3. The molecule has 1 aromatic carbocycles. The number of nitrogens with zero attached hydrogens (tertiary/aromatic N) is 4. The van der Waals surface area contributed by atoms with Gasteiger partial charge in [-0.15, -0.1) is 0 Å². The zero-order valence-corrected chi connectivity index (χ0v) is 21.2. The van der Waals surface area contributed by atoms with E-state index in [2.05, 4.69) is 15.0 Å². The van der Waals surface area contributed by atoms with Crippen LogP contribution in [-0.2, 0) is 20.1 Å². The summed E-state index contributed by atoms with van der Waals surface area (Å²) in [6, 6.07) is 7.97. The first kappa shape index (κ1) is 25.3. The molecular formula is C27H32FN5O4. The topological polar surface area (TPSA) is 102 Å². The van der Waals surface area contributed by atoms with Crippen LogP contribution in [-0.4, -0.2) is 63.7 Å². The third kappa shape index (κ3) is 5.21. The molecule has 0 bridgehead atoms. The number of likely N-dealkylation sites (tertiary alicyclic amines) is 1. The molecule has 0 radical (unpaired) electrons. The van der Waals surface area contributed by atoms with Crippen LogP contribution in [0.2, 0.25) is 0 Å². The van der Waals surface area contributed by atoms with Gasteiger partial charge in [0.1, 0.15) is 5.82 Å². The van der Waals surface area contributed by atoms with Gasteiger partial charge in [-0.2, -0.15) is 4.98 Å². The van der Waals surface area contributed by atoms with Gasteiger partial charge in [-0.25, -0.2) is 14.4 Å². The molecule has 4 heterocycles. The van der Waals surface area contributed by atoms with Crippen LogP contribution >= 0.6 is 0 Å². The summed E-state index contributed by atoms with van der Waals surface area (Å²) in [7, 11) is 0. The van der Waals surface area contributed by atoms with Crippen molar-refractivity contribution >= 4 is 5.91 Å². The first-order valence-electron chi connectivity index (χ1n) is 12.9. The van der Waals surface area contributed by atoms with Crippen LogP contribution in [0.15, 0.2) is 36.5 Å². The number of rotatable bonds is 7. The molecule has 2 aromatic heterocycles. The molecule has 9 nitrogen and oxygen atoms in total. The Morgan fingerprint density at radius 2 is 1.86 bits per heavy atom. The standard InChI is InChI=1S/C27H32FN5O4/c1-3-15-35-26-29-12-11-21(30-26)23-22(19-7-9-20(28)10-8-19)31-24(32-23)27(36-16-18(2)17-37-27)25(34)33-13-5-4-6-14-33/h7-12,18H,3-6,13-17H2,1-2H3,(H,31,32). The highest BCUT2D eigenvalue weighted by Crippen LogP contribution is 2.38. The fraction of sp³-hybridized carbons (Fsp3) is 0.481. The van der Waals surface area contributed by atoms with Crippen molar-refractivity contribution in [2.24, 2.45) is 5.92 Å². The van der Waals surface area contributed by atoms with Crippen LogP contribution in [0.4, 0.5) is 4.39 Å². The molecule has 0 spiro atoms. The van der Waals surface area contributed by atoms with E-state index in [9.17, 15) is 9.18 Å². The van der Waals surface area contributed by atoms with E-state index in [4.69, 9.17) is 19.2 Å². The fourth-order valence-electron chi connectivity index (χ4n) is 4.55. The minimum atomic E-state index is -1.70. The molecule has 2 saturated heterocycles. The van der Waals surface area contributed by atoms with Gasteiger partial charge in [-0.05, 0) is 56.0 Å². The summed E-state index contributed by atoms with van der Waals surface area (Å²) in [6.45, 7) is 6.48. The maximum Gasteiger partial charge on any atom is 0.316 e. The molecule has 10 heteroatoms. The molecule has 1 amide bonds. The van der Waals surface area contributed by atoms with E-state index < -0.39 is 5.79 Å². The molecule has 0 unspecified atom stereocenters. The second-order valence-corrected chi connectivity index (χ2v) is 9.59. The summed E-state index contributed by atoms with van der Waals surface area (Å²) >= 11 is 0. The number of nitrogens with one attached hydrogen (secondary N) is 1. The molecule has 5 rings (SSSR count). The Kier molecular flexibility index (Phi) is 7.48. The Hall–Kier alpha value is -3.37. The number of H-pyrrole nitrogens is 1. The fourth-order valence-corrected chi connectivity index (χ4v) is 4.55. The number of aromatic nitrogens is 4. The predicted octanol–water partition coefficient (Wildman–Crippen LogP) is 4.31. The van der Waals surface area contributed by atoms with Crippen molar-refractivity contribution in [2.45, 2.75) is 45.3 Å². The second-order valence-electron chi connectivity index (χ2n) is 9.59. The average Bonchev–Trinajstić information content (AvgIpc) is 3.39. The van der Waals surface area contributed by atoms with Gasteiger partial charge in [0.2, 0.25) is 0 Å². The SMILES string of the molecule is CCCOc1nccc(-c2[nH]c(C3(C(=O)N4CCCCC4)OCC(C)CO3)nc2-c2ccc(F)cc2)n1. The maximum atomic E-state index is 13.9. The van der Waals surface area contributed by atoms with Gasteiger partial charge in [0.15, 0.2) is 5.82 Å². The van der Waals surface area contributed by atoms with E-state index in [1.54, 1.807) is 29.3 Å². The van der Waals surface area contributed by atoms with Crippen LogP contribution in [0.1, 0.15) is 45.4 Å². The van der Waals surface area contributed by atoms with Crippen LogP contribution in [0.25, 0.3) is 22.6 Å². The van der Waals surface area contributed by atoms with Crippen molar-refractivity contribution in [3.63, 3.8) is 0 Å². The van der Waals surface area contributed by atoms with E-state index in [0.29, 0.717) is 55.6 Å². The Labute approximate surface area is 215 Å². The summed E-state index contributed by atoms with van der Waals surface area (Å²) in [4.78, 5) is 32.6. The van der Waals surface area contributed by atoms with Gasteiger partial charge in [-0.1, -0.05) is 13.8 Å². The summed E-state index contributed by atoms with van der Waals surface area (Å²) in [5, 5.41) is 0. The zero-order chi connectivity index (χ0) is 25.8. The number of piperidine rings is 1. The Morgan fingerprint density at radius 1 is 1.14 bits per heavy atom. The molecule has 196 valence electrons. The Bertz CT molecular complexity index is 1220. The van der Waals surface area contributed by atoms with Crippen molar-refractivity contribution in [1.82, 2.24) is 24.8 Å². The molecule has 0 saturated carbocycles. The normalized spacial score (nSPS) is 22.1. The minimum Gasteiger partial charge on any atom is -0.463 e. The van der Waals surface area contributed by atoms with Crippen molar-refractivity contribution in [1.29, 1.82) is 0 Å². The van der Waals surface area contributed by atoms with Crippen molar-refractivity contribution in [3.8, 4) is 28.7 Å². The van der Waals surface area contributed by atoms with Crippen LogP contribution in [0.5, 0.6) is 6.01 Å². The van der Waals surface area contributed by atoms with Crippen LogP contribution in [0.3, 0.4) is 0 Å². The van der Waals surface area contributed by atoms with E-state index in [0.717, 1.165) is 25.7 Å². The molecule has 2 fully saturated rings. The second kappa shape index (κ2) is 10.9. The summed E-state index contributed by atoms with van der Waals surface area (Å²) in [6.07, 6.45) is 5.38. The number of halogens is 1. The highest BCUT2D eigenvalue weighted by molar-refractivity contribution is 5.86. The number of imidazole rings is 1. The molecule has 0 aliphatic carbocycles. The van der Waals surface area contributed by atoms with Crippen molar-refractivity contribution in [3.05, 3.63) is 48.2 Å². The van der Waals surface area contributed by atoms with E-state index in [-0.39, 0.29) is 29.5 Å². The van der Waals surface area contributed by atoms with Gasteiger partial charge in [0.25, 0.3) is 5.91 Å². The third-order valence-corrected chi connectivity index (χ3v) is 6.53. The van der Waals surface area contributed by atoms with Crippen LogP contribution < -0.4 is 4.74 Å². The largest absolute Gasteiger partial charge is 0.463 e. The summed E-state index contributed by atoms with van der Waals surface area (Å²) in [5.41, 5.74) is 2.19. The van der Waals surface area contributed by atoms with E-state index in [1.165, 1.54) is 12.1 Å². The quantitative estimate of drug-likeness (QED) is 0.506. The summed E-state index contributed by atoms with van der Waals surface area (Å²) in [5.74, 6) is -1.96. The van der Waals surface area contributed by atoms with Gasteiger partial charge >= 0.3 is 11.8 Å². The first-order valence-corrected chi connectivity index (χ1v) is 12.9. The highest BCUT2D eigenvalue weighted by Gasteiger charge is 2.51. The number of carbonyl (C=O) groups is 1. The van der Waals surface area contributed by atoms with Gasteiger partial charge in [-0.3, -0.25) is 4.79 Å². The monoisotopic (exact) mass is 509 g/mol. The molecule has 2 aliphatic rings. The van der Waals surface area contributed by atoms with E-state index >= 15 is 0 Å². The highest BCUT2D eigenvalue weighted by atomic mass is 19.1. The number of benzene rings is 1. The number of hydrogen-bond donors (Lipinski definition) is 1. The molecule has 2 aliphatic heterocycles. The number of hydrogen-bond acceptors (Lipinski definition) is 7.